The molecule has 3 nitrogen and oxygen atoms in total. The van der Waals surface area contributed by atoms with E-state index in [0.717, 1.165) is 18.2 Å². The summed E-state index contributed by atoms with van der Waals surface area (Å²) in [6.07, 6.45) is -4.49. The maximum absolute atomic E-state index is 12.4. The summed E-state index contributed by atoms with van der Waals surface area (Å²) >= 11 is 5.71. The lowest BCUT2D eigenvalue weighted by molar-refractivity contribution is -0.307. The monoisotopic (exact) mass is 294 g/mol. The molecule has 1 aromatic rings. The van der Waals surface area contributed by atoms with Crippen molar-refractivity contribution in [3.63, 3.8) is 0 Å². The number of carboxylic acids is 1. The summed E-state index contributed by atoms with van der Waals surface area (Å²) in [5, 5.41) is 13.3. The molecule has 1 aromatic carbocycles. The maximum atomic E-state index is 12.4. The van der Waals surface area contributed by atoms with Crippen LogP contribution in [0.4, 0.5) is 18.9 Å². The first kappa shape index (κ1) is 15.6. The Kier molecular flexibility index (Phi) is 4.68. The molecule has 7 heteroatoms. The van der Waals surface area contributed by atoms with Gasteiger partial charge in [0, 0.05) is 0 Å². The highest BCUT2D eigenvalue weighted by molar-refractivity contribution is 6.33. The second-order valence-electron chi connectivity index (χ2n) is 4.38. The zero-order valence-corrected chi connectivity index (χ0v) is 11.0. The molecule has 0 aromatic heterocycles. The second-order valence-corrected chi connectivity index (χ2v) is 4.78. The third kappa shape index (κ3) is 4.02. The molecule has 0 bridgehead atoms. The fourth-order valence-corrected chi connectivity index (χ4v) is 1.71. The molecule has 0 aliphatic carbocycles. The molecule has 106 valence electrons. The standard InChI is InChI=1S/C12H13ClF3NO2/c1-6(2)10(11(18)19)17-9-4-3-7(5-8(9)13)12(14,15)16/h3-6,10,17H,1-2H3,(H,18,19)/p-1/t10-/m1/s1. The van der Waals surface area contributed by atoms with E-state index in [1.54, 1.807) is 13.8 Å². The van der Waals surface area contributed by atoms with E-state index < -0.39 is 23.8 Å². The minimum Gasteiger partial charge on any atom is -0.548 e. The molecular weight excluding hydrogens is 283 g/mol. The largest absolute Gasteiger partial charge is 0.548 e. The first-order valence-corrected chi connectivity index (χ1v) is 5.85. The molecule has 1 rings (SSSR count). The summed E-state index contributed by atoms with van der Waals surface area (Å²) < 4.78 is 37.3. The summed E-state index contributed by atoms with van der Waals surface area (Å²) in [6, 6.07) is 1.65. The van der Waals surface area contributed by atoms with Crippen molar-refractivity contribution in [3.05, 3.63) is 28.8 Å². The van der Waals surface area contributed by atoms with Crippen LogP contribution in [0.25, 0.3) is 0 Å². The van der Waals surface area contributed by atoms with Gasteiger partial charge in [-0.25, -0.2) is 0 Å². The molecule has 0 unspecified atom stereocenters. The van der Waals surface area contributed by atoms with E-state index >= 15 is 0 Å². The first-order chi connectivity index (χ1) is 8.62. The number of benzene rings is 1. The Balaban J connectivity index is 3.00. The Bertz CT molecular complexity index is 475. The summed E-state index contributed by atoms with van der Waals surface area (Å²) in [5.41, 5.74) is -0.768. The molecular formula is C12H12ClF3NO2-. The number of carbonyl (C=O) groups is 1. The minimum absolute atomic E-state index is 0.123. The van der Waals surface area contributed by atoms with Gasteiger partial charge in [-0.05, 0) is 24.1 Å². The zero-order valence-electron chi connectivity index (χ0n) is 10.2. The van der Waals surface area contributed by atoms with Crippen LogP contribution in [-0.2, 0) is 11.0 Å². The molecule has 0 amide bonds. The van der Waals surface area contributed by atoms with Crippen molar-refractivity contribution in [1.82, 2.24) is 0 Å². The van der Waals surface area contributed by atoms with Crippen LogP contribution in [0, 0.1) is 5.92 Å². The van der Waals surface area contributed by atoms with Gasteiger partial charge in [0.2, 0.25) is 0 Å². The Morgan fingerprint density at radius 1 is 1.37 bits per heavy atom. The third-order valence-electron chi connectivity index (χ3n) is 2.53. The predicted octanol–water partition coefficient (Wildman–Crippen LogP) is 2.55. The van der Waals surface area contributed by atoms with E-state index in [9.17, 15) is 23.1 Å². The lowest BCUT2D eigenvalue weighted by atomic mass is 10.0. The van der Waals surface area contributed by atoms with Crippen LogP contribution < -0.4 is 10.4 Å². The highest BCUT2D eigenvalue weighted by atomic mass is 35.5. The van der Waals surface area contributed by atoms with Gasteiger partial charge in [-0.3, -0.25) is 0 Å². The highest BCUT2D eigenvalue weighted by Gasteiger charge is 2.31. The number of halogens is 4. The van der Waals surface area contributed by atoms with Crippen LogP contribution in [0.15, 0.2) is 18.2 Å². The summed E-state index contributed by atoms with van der Waals surface area (Å²) in [7, 11) is 0. The summed E-state index contributed by atoms with van der Waals surface area (Å²) in [6.45, 7) is 3.29. The topological polar surface area (TPSA) is 52.2 Å². The normalized spacial score (nSPS) is 13.4. The van der Waals surface area contributed by atoms with Gasteiger partial charge in [-0.1, -0.05) is 25.4 Å². The highest BCUT2D eigenvalue weighted by Crippen LogP contribution is 2.34. The molecule has 0 aliphatic rings. The van der Waals surface area contributed by atoms with Crippen molar-refractivity contribution in [3.8, 4) is 0 Å². The van der Waals surface area contributed by atoms with Crippen molar-refractivity contribution in [2.45, 2.75) is 26.1 Å². The van der Waals surface area contributed by atoms with Crippen molar-refractivity contribution in [2.75, 3.05) is 5.32 Å². The van der Waals surface area contributed by atoms with E-state index in [-0.39, 0.29) is 16.6 Å². The average molecular weight is 295 g/mol. The predicted molar refractivity (Wildman–Crippen MR) is 63.7 cm³/mol. The number of alkyl halides is 3. The number of carbonyl (C=O) groups excluding carboxylic acids is 1. The van der Waals surface area contributed by atoms with Gasteiger partial charge in [-0.15, -0.1) is 0 Å². The van der Waals surface area contributed by atoms with Crippen LogP contribution in [0.1, 0.15) is 19.4 Å². The molecule has 0 saturated carbocycles. The fourth-order valence-electron chi connectivity index (χ4n) is 1.47. The number of carboxylic acid groups (broad SMARTS) is 1. The fraction of sp³-hybridized carbons (Fsp3) is 0.417. The molecule has 0 fully saturated rings. The van der Waals surface area contributed by atoms with Gasteiger partial charge in [-0.2, -0.15) is 13.2 Å². The SMILES string of the molecule is CC(C)[C@@H](Nc1ccc(C(F)(F)F)cc1Cl)C(=O)[O-]. The van der Waals surface area contributed by atoms with Crippen LogP contribution in [0.3, 0.4) is 0 Å². The maximum Gasteiger partial charge on any atom is 0.416 e. The number of rotatable bonds is 4. The second kappa shape index (κ2) is 5.69. The number of hydrogen-bond acceptors (Lipinski definition) is 3. The van der Waals surface area contributed by atoms with Crippen molar-refractivity contribution in [2.24, 2.45) is 5.92 Å². The number of aliphatic carboxylic acids is 1. The van der Waals surface area contributed by atoms with Gasteiger partial charge in [0.15, 0.2) is 0 Å². The van der Waals surface area contributed by atoms with Crippen molar-refractivity contribution in [1.29, 1.82) is 0 Å². The lowest BCUT2D eigenvalue weighted by Gasteiger charge is -2.25. The van der Waals surface area contributed by atoms with Crippen LogP contribution in [0.2, 0.25) is 5.02 Å². The Morgan fingerprint density at radius 3 is 2.32 bits per heavy atom. The molecule has 1 N–H and O–H groups in total. The van der Waals surface area contributed by atoms with Gasteiger partial charge in [0.05, 0.1) is 28.3 Å². The molecule has 1 atom stereocenters. The van der Waals surface area contributed by atoms with Crippen molar-refractivity contribution < 1.29 is 23.1 Å². The van der Waals surface area contributed by atoms with Crippen LogP contribution >= 0.6 is 11.6 Å². The van der Waals surface area contributed by atoms with E-state index in [1.165, 1.54) is 0 Å². The van der Waals surface area contributed by atoms with E-state index in [2.05, 4.69) is 5.32 Å². The smallest absolute Gasteiger partial charge is 0.416 e. The van der Waals surface area contributed by atoms with Gasteiger partial charge in [0.1, 0.15) is 0 Å². The number of hydrogen-bond donors (Lipinski definition) is 1. The van der Waals surface area contributed by atoms with E-state index in [0.29, 0.717) is 0 Å². The molecule has 0 heterocycles. The molecule has 0 spiro atoms. The van der Waals surface area contributed by atoms with Gasteiger partial charge < -0.3 is 15.2 Å². The Hall–Kier alpha value is -1.43. The molecule has 0 saturated heterocycles. The summed E-state index contributed by atoms with van der Waals surface area (Å²) in [4.78, 5) is 10.9. The molecule has 0 radical (unpaired) electrons. The number of nitrogens with one attached hydrogen (secondary N) is 1. The van der Waals surface area contributed by atoms with E-state index in [4.69, 9.17) is 11.6 Å². The average Bonchev–Trinajstić information content (AvgIpc) is 2.24. The number of anilines is 1. The van der Waals surface area contributed by atoms with Gasteiger partial charge in [0.25, 0.3) is 0 Å². The Morgan fingerprint density at radius 2 is 1.95 bits per heavy atom. The lowest BCUT2D eigenvalue weighted by Crippen LogP contribution is -2.44. The first-order valence-electron chi connectivity index (χ1n) is 5.47. The minimum atomic E-state index is -4.49. The summed E-state index contributed by atoms with van der Waals surface area (Å²) in [5.74, 6) is -1.64. The van der Waals surface area contributed by atoms with Crippen molar-refractivity contribution >= 4 is 23.3 Å². The Labute approximate surface area is 113 Å². The molecule has 0 aliphatic heterocycles. The van der Waals surface area contributed by atoms with Crippen LogP contribution in [0.5, 0.6) is 0 Å². The van der Waals surface area contributed by atoms with Crippen LogP contribution in [-0.4, -0.2) is 12.0 Å². The quantitative estimate of drug-likeness (QED) is 0.928. The van der Waals surface area contributed by atoms with E-state index in [1.807, 2.05) is 0 Å². The van der Waals surface area contributed by atoms with Gasteiger partial charge >= 0.3 is 6.18 Å². The zero-order chi connectivity index (χ0) is 14.8. The third-order valence-corrected chi connectivity index (χ3v) is 2.84. The molecule has 19 heavy (non-hydrogen) atoms.